The molecule has 0 atom stereocenters. The van der Waals surface area contributed by atoms with E-state index in [9.17, 15) is 0 Å². The maximum Gasteiger partial charge on any atom is 0.0739 e. The van der Waals surface area contributed by atoms with E-state index in [4.69, 9.17) is 0 Å². The van der Waals surface area contributed by atoms with Crippen LogP contribution in [-0.4, -0.2) is 5.16 Å². The second-order valence-electron chi connectivity index (χ2n) is 5.93. The summed E-state index contributed by atoms with van der Waals surface area (Å²) in [6, 6.07) is 25.7. The Bertz CT molecular complexity index is 840. The lowest BCUT2D eigenvalue weighted by molar-refractivity contribution is 0.960. The highest BCUT2D eigenvalue weighted by atomic mass is 32.1. The minimum absolute atomic E-state index is 0.858. The highest BCUT2D eigenvalue weighted by molar-refractivity contribution is 7.78. The van der Waals surface area contributed by atoms with Crippen LogP contribution in [0.15, 0.2) is 77.8 Å². The van der Waals surface area contributed by atoms with Crippen molar-refractivity contribution >= 4 is 23.1 Å². The molecule has 0 spiro atoms. The maximum atomic E-state index is 4.62. The van der Waals surface area contributed by atoms with Gasteiger partial charge in [0.15, 0.2) is 0 Å². The Hall–Kier alpha value is -2.54. The van der Waals surface area contributed by atoms with Gasteiger partial charge in [-0.25, -0.2) is 0 Å². The number of hydrogen-bond acceptors (Lipinski definition) is 2. The monoisotopic (exact) mass is 329 g/mol. The molecule has 0 heterocycles. The normalized spacial score (nSPS) is 10.2. The molecule has 2 heteroatoms. The van der Waals surface area contributed by atoms with Crippen molar-refractivity contribution in [2.75, 3.05) is 0 Å². The van der Waals surface area contributed by atoms with E-state index in [0.717, 1.165) is 18.5 Å². The molecule has 0 bridgehead atoms. The molecule has 3 aromatic carbocycles. The van der Waals surface area contributed by atoms with Crippen LogP contribution < -0.4 is 0 Å². The summed E-state index contributed by atoms with van der Waals surface area (Å²) < 4.78 is 0. The van der Waals surface area contributed by atoms with Gasteiger partial charge in [-0.05, 0) is 66.4 Å². The average molecular weight is 329 g/mol. The molecule has 1 nitrogen and oxygen atoms in total. The lowest BCUT2D eigenvalue weighted by Crippen LogP contribution is -1.91. The van der Waals surface area contributed by atoms with Gasteiger partial charge in [0, 0.05) is 0 Å². The zero-order chi connectivity index (χ0) is 16.8. The number of aliphatic imine (C=N–C) groups is 1. The van der Waals surface area contributed by atoms with Crippen molar-refractivity contribution in [3.63, 3.8) is 0 Å². The van der Waals surface area contributed by atoms with E-state index < -0.39 is 0 Å². The number of thiocarbonyl (C=S) groups is 1. The Labute approximate surface area is 148 Å². The Morgan fingerprint density at radius 2 is 1.17 bits per heavy atom. The summed E-state index contributed by atoms with van der Waals surface area (Å²) in [5.41, 5.74) is 7.34. The van der Waals surface area contributed by atoms with E-state index in [0.29, 0.717) is 0 Å². The van der Waals surface area contributed by atoms with Crippen molar-refractivity contribution in [3.8, 4) is 11.1 Å². The Morgan fingerprint density at radius 1 is 0.708 bits per heavy atom. The minimum atomic E-state index is 0.858. The van der Waals surface area contributed by atoms with E-state index in [1.807, 2.05) is 12.1 Å². The third-order valence-corrected chi connectivity index (χ3v) is 4.24. The summed E-state index contributed by atoms with van der Waals surface area (Å²) in [6.07, 6.45) is 2.05. The number of hydrogen-bond donors (Lipinski definition) is 0. The molecule has 3 rings (SSSR count). The molecule has 0 N–H and O–H groups in total. The van der Waals surface area contributed by atoms with E-state index >= 15 is 0 Å². The Morgan fingerprint density at radius 3 is 1.67 bits per heavy atom. The van der Waals surface area contributed by atoms with Gasteiger partial charge < -0.3 is 0 Å². The number of isothiocyanates is 1. The van der Waals surface area contributed by atoms with Crippen molar-refractivity contribution in [1.29, 1.82) is 0 Å². The zero-order valence-corrected chi connectivity index (χ0v) is 14.5. The van der Waals surface area contributed by atoms with E-state index in [2.05, 4.69) is 90.0 Å². The summed E-state index contributed by atoms with van der Waals surface area (Å²) in [5, 5.41) is 2.39. The van der Waals surface area contributed by atoms with Crippen molar-refractivity contribution in [1.82, 2.24) is 0 Å². The SMILES string of the molecule is Cc1ccc(-c2ccc(CCc3ccc(N=C=S)cc3)cc2)cc1. The number of benzene rings is 3. The quantitative estimate of drug-likeness (QED) is 0.402. The Balaban J connectivity index is 1.63. The molecule has 0 fully saturated rings. The van der Waals surface area contributed by atoms with Crippen LogP contribution in [0, 0.1) is 6.92 Å². The summed E-state index contributed by atoms with van der Waals surface area (Å²) >= 11 is 4.62. The van der Waals surface area contributed by atoms with Gasteiger partial charge in [0.05, 0.1) is 10.8 Å². The van der Waals surface area contributed by atoms with Gasteiger partial charge in [-0.1, -0.05) is 66.2 Å². The van der Waals surface area contributed by atoms with E-state index in [-0.39, 0.29) is 0 Å². The molecule has 0 unspecified atom stereocenters. The maximum absolute atomic E-state index is 4.62. The minimum Gasteiger partial charge on any atom is -0.195 e. The third-order valence-electron chi connectivity index (χ3n) is 4.15. The van der Waals surface area contributed by atoms with Crippen LogP contribution in [0.4, 0.5) is 5.69 Å². The van der Waals surface area contributed by atoms with E-state index in [1.165, 1.54) is 27.8 Å². The molecular weight excluding hydrogens is 310 g/mol. The van der Waals surface area contributed by atoms with Crippen molar-refractivity contribution in [3.05, 3.63) is 89.5 Å². The molecule has 0 saturated heterocycles. The molecule has 0 aliphatic heterocycles. The third kappa shape index (κ3) is 4.26. The molecule has 24 heavy (non-hydrogen) atoms. The van der Waals surface area contributed by atoms with Crippen LogP contribution in [0.25, 0.3) is 11.1 Å². The molecule has 0 amide bonds. The van der Waals surface area contributed by atoms with Crippen LogP contribution >= 0.6 is 12.2 Å². The topological polar surface area (TPSA) is 12.4 Å². The highest BCUT2D eigenvalue weighted by Gasteiger charge is 2.00. The Kier molecular flexibility index (Phi) is 5.32. The van der Waals surface area contributed by atoms with Gasteiger partial charge >= 0.3 is 0 Å². The van der Waals surface area contributed by atoms with Crippen LogP contribution in [0.2, 0.25) is 0 Å². The fourth-order valence-electron chi connectivity index (χ4n) is 2.69. The lowest BCUT2D eigenvalue weighted by atomic mass is 10.00. The highest BCUT2D eigenvalue weighted by Crippen LogP contribution is 2.21. The van der Waals surface area contributed by atoms with Gasteiger partial charge in [-0.3, -0.25) is 0 Å². The summed E-state index contributed by atoms with van der Waals surface area (Å²) in [5.74, 6) is 0. The first kappa shape index (κ1) is 16.3. The summed E-state index contributed by atoms with van der Waals surface area (Å²) in [7, 11) is 0. The largest absolute Gasteiger partial charge is 0.195 e. The first-order valence-corrected chi connectivity index (χ1v) is 8.48. The van der Waals surface area contributed by atoms with Crippen molar-refractivity contribution in [2.45, 2.75) is 19.8 Å². The predicted octanol–water partition coefficient (Wildman–Crippen LogP) is 6.18. The van der Waals surface area contributed by atoms with E-state index in [1.54, 1.807) is 0 Å². The van der Waals surface area contributed by atoms with Gasteiger partial charge in [0.1, 0.15) is 0 Å². The fraction of sp³-hybridized carbons (Fsp3) is 0.136. The predicted molar refractivity (Wildman–Crippen MR) is 105 cm³/mol. The zero-order valence-electron chi connectivity index (χ0n) is 13.7. The average Bonchev–Trinajstić information content (AvgIpc) is 2.63. The standard InChI is InChI=1S/C22H19NS/c1-17-2-10-20(11-3-17)21-12-6-18(7-13-21)4-5-19-8-14-22(15-9-19)23-16-24/h2-3,6-15H,4-5H2,1H3. The second-order valence-corrected chi connectivity index (χ2v) is 6.12. The van der Waals surface area contributed by atoms with Crippen molar-refractivity contribution < 1.29 is 0 Å². The molecular formula is C22H19NS. The summed E-state index contributed by atoms with van der Waals surface area (Å²) in [6.45, 7) is 2.11. The molecule has 0 radical (unpaired) electrons. The molecule has 0 aliphatic rings. The van der Waals surface area contributed by atoms with Gasteiger partial charge in [0.25, 0.3) is 0 Å². The van der Waals surface area contributed by atoms with Gasteiger partial charge in [-0.15, -0.1) is 0 Å². The number of nitrogens with zero attached hydrogens (tertiary/aromatic N) is 1. The first-order chi connectivity index (χ1) is 11.7. The fourth-order valence-corrected chi connectivity index (χ4v) is 2.79. The van der Waals surface area contributed by atoms with Gasteiger partial charge in [0.2, 0.25) is 0 Å². The smallest absolute Gasteiger partial charge is 0.0739 e. The second kappa shape index (κ2) is 7.83. The first-order valence-electron chi connectivity index (χ1n) is 8.07. The number of aryl methyl sites for hydroxylation is 3. The lowest BCUT2D eigenvalue weighted by Gasteiger charge is -2.06. The summed E-state index contributed by atoms with van der Waals surface area (Å²) in [4.78, 5) is 3.97. The molecule has 3 aromatic rings. The number of rotatable bonds is 5. The van der Waals surface area contributed by atoms with Gasteiger partial charge in [-0.2, -0.15) is 4.99 Å². The van der Waals surface area contributed by atoms with Crippen LogP contribution in [-0.2, 0) is 12.8 Å². The molecule has 0 saturated carbocycles. The van der Waals surface area contributed by atoms with Crippen LogP contribution in [0.5, 0.6) is 0 Å². The van der Waals surface area contributed by atoms with Crippen LogP contribution in [0.3, 0.4) is 0 Å². The van der Waals surface area contributed by atoms with Crippen LogP contribution in [0.1, 0.15) is 16.7 Å². The molecule has 0 aromatic heterocycles. The van der Waals surface area contributed by atoms with Crippen molar-refractivity contribution in [2.24, 2.45) is 4.99 Å². The molecule has 118 valence electrons. The molecule has 0 aliphatic carbocycles.